The Hall–Kier alpha value is -1.55. The monoisotopic (exact) mass is 231 g/mol. The van der Waals surface area contributed by atoms with Gasteiger partial charge in [0.1, 0.15) is 10.5 Å². The van der Waals surface area contributed by atoms with Crippen molar-refractivity contribution in [1.82, 2.24) is 15.0 Å². The summed E-state index contributed by atoms with van der Waals surface area (Å²) in [6.07, 6.45) is 1.77. The van der Waals surface area contributed by atoms with Gasteiger partial charge >= 0.3 is 0 Å². The molecule has 2 aromatic rings. The van der Waals surface area contributed by atoms with Crippen LogP contribution in [-0.4, -0.2) is 15.0 Å². The summed E-state index contributed by atoms with van der Waals surface area (Å²) in [5.41, 5.74) is 1.81. The van der Waals surface area contributed by atoms with Crippen LogP contribution in [0.3, 0.4) is 0 Å². The van der Waals surface area contributed by atoms with E-state index in [-0.39, 0.29) is 0 Å². The summed E-state index contributed by atoms with van der Waals surface area (Å²) in [7, 11) is 0. The number of nitrogens with zero attached hydrogens (tertiary/aromatic N) is 2. The van der Waals surface area contributed by atoms with Crippen LogP contribution in [0.25, 0.3) is 11.4 Å². The lowest BCUT2D eigenvalue weighted by Gasteiger charge is -2.07. The van der Waals surface area contributed by atoms with E-state index in [1.165, 1.54) is 0 Å². The van der Waals surface area contributed by atoms with E-state index in [4.69, 9.17) is 12.2 Å². The van der Waals surface area contributed by atoms with E-state index in [0.717, 1.165) is 17.2 Å². The largest absolute Gasteiger partial charge is 0.342 e. The van der Waals surface area contributed by atoms with Crippen molar-refractivity contribution < 1.29 is 0 Å². The Labute approximate surface area is 99.6 Å². The first-order valence-corrected chi connectivity index (χ1v) is 5.60. The van der Waals surface area contributed by atoms with Gasteiger partial charge in [-0.25, -0.2) is 4.98 Å². The third-order valence-corrected chi connectivity index (χ3v) is 2.46. The molecule has 0 saturated carbocycles. The highest BCUT2D eigenvalue weighted by atomic mass is 32.1. The summed E-state index contributed by atoms with van der Waals surface area (Å²) < 4.78 is 0.600. The molecule has 16 heavy (non-hydrogen) atoms. The first-order valence-electron chi connectivity index (χ1n) is 5.19. The summed E-state index contributed by atoms with van der Waals surface area (Å²) in [5, 5.41) is 0. The summed E-state index contributed by atoms with van der Waals surface area (Å²) in [5.74, 6) is 1.22. The van der Waals surface area contributed by atoms with Gasteiger partial charge in [0.2, 0.25) is 0 Å². The van der Waals surface area contributed by atoms with Crippen molar-refractivity contribution >= 4 is 12.2 Å². The molecule has 0 bridgehead atoms. The Morgan fingerprint density at radius 1 is 1.31 bits per heavy atom. The fourth-order valence-corrected chi connectivity index (χ4v) is 1.63. The topological polar surface area (TPSA) is 41.6 Å². The van der Waals surface area contributed by atoms with Crippen molar-refractivity contribution in [2.45, 2.75) is 19.8 Å². The fraction of sp³-hybridized carbons (Fsp3) is 0.250. The number of hydrogen-bond acceptors (Lipinski definition) is 3. The van der Waals surface area contributed by atoms with E-state index in [2.05, 4.69) is 28.8 Å². The molecule has 0 saturated heterocycles. The second-order valence-corrected chi connectivity index (χ2v) is 4.31. The first-order chi connectivity index (χ1) is 7.66. The lowest BCUT2D eigenvalue weighted by atomic mass is 10.2. The molecule has 3 nitrogen and oxygen atoms in total. The Kier molecular flexibility index (Phi) is 3.10. The molecule has 1 N–H and O–H groups in total. The number of pyridine rings is 1. The van der Waals surface area contributed by atoms with Gasteiger partial charge in [0, 0.05) is 18.2 Å². The highest BCUT2D eigenvalue weighted by Crippen LogP contribution is 2.16. The minimum absolute atomic E-state index is 0.324. The van der Waals surface area contributed by atoms with Gasteiger partial charge in [0.25, 0.3) is 0 Å². The molecule has 0 aliphatic rings. The standard InChI is InChI=1S/C12H13N3S/c1-8(2)12-14-10(7-11(16)15-12)9-5-3-4-6-13-9/h3-8H,1-2H3,(H,14,15,16). The SMILES string of the molecule is CC(C)c1nc(=S)cc(-c2ccccn2)[nH]1. The van der Waals surface area contributed by atoms with Crippen LogP contribution in [0.15, 0.2) is 30.5 Å². The van der Waals surface area contributed by atoms with Crippen molar-refractivity contribution in [1.29, 1.82) is 0 Å². The normalized spacial score (nSPS) is 10.7. The van der Waals surface area contributed by atoms with E-state index in [0.29, 0.717) is 10.6 Å². The Morgan fingerprint density at radius 3 is 2.75 bits per heavy atom. The molecule has 2 heterocycles. The van der Waals surface area contributed by atoms with Crippen LogP contribution in [0, 0.1) is 4.64 Å². The van der Waals surface area contributed by atoms with E-state index < -0.39 is 0 Å². The number of aromatic nitrogens is 3. The lowest BCUT2D eigenvalue weighted by Crippen LogP contribution is -1.99. The maximum Gasteiger partial charge on any atom is 0.130 e. The molecule has 2 rings (SSSR count). The predicted octanol–water partition coefficient (Wildman–Crippen LogP) is 3.32. The molecule has 0 radical (unpaired) electrons. The maximum atomic E-state index is 5.15. The third kappa shape index (κ3) is 2.33. The molecule has 2 aromatic heterocycles. The van der Waals surface area contributed by atoms with Crippen molar-refractivity contribution in [2.24, 2.45) is 0 Å². The van der Waals surface area contributed by atoms with Crippen LogP contribution in [0.1, 0.15) is 25.6 Å². The van der Waals surface area contributed by atoms with Gasteiger partial charge in [-0.1, -0.05) is 32.1 Å². The van der Waals surface area contributed by atoms with Crippen LogP contribution < -0.4 is 0 Å². The number of H-pyrrole nitrogens is 1. The van der Waals surface area contributed by atoms with E-state index in [1.54, 1.807) is 6.20 Å². The average Bonchev–Trinajstić information content (AvgIpc) is 2.29. The fourth-order valence-electron chi connectivity index (χ4n) is 1.41. The zero-order valence-electron chi connectivity index (χ0n) is 9.27. The van der Waals surface area contributed by atoms with Gasteiger partial charge in [-0.05, 0) is 12.1 Å². The second kappa shape index (κ2) is 4.53. The van der Waals surface area contributed by atoms with Crippen LogP contribution in [-0.2, 0) is 0 Å². The summed E-state index contributed by atoms with van der Waals surface area (Å²) in [6.45, 7) is 4.16. The van der Waals surface area contributed by atoms with Gasteiger partial charge in [0.15, 0.2) is 0 Å². The van der Waals surface area contributed by atoms with Crippen LogP contribution in [0.4, 0.5) is 0 Å². The van der Waals surface area contributed by atoms with Crippen LogP contribution >= 0.6 is 12.2 Å². The quantitative estimate of drug-likeness (QED) is 0.806. The Bertz CT molecular complexity index is 531. The van der Waals surface area contributed by atoms with Gasteiger partial charge in [0.05, 0.1) is 11.4 Å². The lowest BCUT2D eigenvalue weighted by molar-refractivity contribution is 0.772. The molecule has 0 aliphatic carbocycles. The zero-order valence-corrected chi connectivity index (χ0v) is 10.1. The Balaban J connectivity index is 2.54. The van der Waals surface area contributed by atoms with Crippen LogP contribution in [0.5, 0.6) is 0 Å². The Morgan fingerprint density at radius 2 is 2.12 bits per heavy atom. The number of nitrogens with one attached hydrogen (secondary N) is 1. The highest BCUT2D eigenvalue weighted by Gasteiger charge is 2.05. The molecule has 0 atom stereocenters. The highest BCUT2D eigenvalue weighted by molar-refractivity contribution is 7.71. The van der Waals surface area contributed by atoms with Gasteiger partial charge < -0.3 is 4.98 Å². The van der Waals surface area contributed by atoms with Crippen molar-refractivity contribution in [3.63, 3.8) is 0 Å². The summed E-state index contributed by atoms with van der Waals surface area (Å²) >= 11 is 5.15. The molecule has 4 heteroatoms. The molecule has 0 aliphatic heterocycles. The minimum Gasteiger partial charge on any atom is -0.342 e. The maximum absolute atomic E-state index is 5.15. The molecule has 0 spiro atoms. The molecular weight excluding hydrogens is 218 g/mol. The van der Waals surface area contributed by atoms with Gasteiger partial charge in [-0.15, -0.1) is 0 Å². The number of hydrogen-bond donors (Lipinski definition) is 1. The third-order valence-electron chi connectivity index (χ3n) is 2.25. The van der Waals surface area contributed by atoms with Crippen molar-refractivity contribution in [3.8, 4) is 11.4 Å². The molecule has 0 unspecified atom stereocenters. The van der Waals surface area contributed by atoms with Gasteiger partial charge in [-0.2, -0.15) is 0 Å². The van der Waals surface area contributed by atoms with E-state index in [1.807, 2.05) is 24.3 Å². The average molecular weight is 231 g/mol. The number of aromatic amines is 1. The van der Waals surface area contributed by atoms with Gasteiger partial charge in [-0.3, -0.25) is 4.98 Å². The molecule has 82 valence electrons. The molecule has 0 amide bonds. The van der Waals surface area contributed by atoms with Crippen molar-refractivity contribution in [2.75, 3.05) is 0 Å². The first kappa shape index (κ1) is 11.0. The minimum atomic E-state index is 0.324. The number of rotatable bonds is 2. The zero-order chi connectivity index (χ0) is 11.5. The molecule has 0 aromatic carbocycles. The molecule has 0 fully saturated rings. The van der Waals surface area contributed by atoms with E-state index >= 15 is 0 Å². The van der Waals surface area contributed by atoms with Crippen LogP contribution in [0.2, 0.25) is 0 Å². The molecular formula is C12H13N3S. The predicted molar refractivity (Wildman–Crippen MR) is 66.7 cm³/mol. The summed E-state index contributed by atoms with van der Waals surface area (Å²) in [6, 6.07) is 7.63. The summed E-state index contributed by atoms with van der Waals surface area (Å²) in [4.78, 5) is 11.8. The van der Waals surface area contributed by atoms with Crippen molar-refractivity contribution in [3.05, 3.63) is 40.9 Å². The van der Waals surface area contributed by atoms with E-state index in [9.17, 15) is 0 Å². The smallest absolute Gasteiger partial charge is 0.130 e. The second-order valence-electron chi connectivity index (χ2n) is 3.89.